The fourth-order valence-electron chi connectivity index (χ4n) is 3.21. The van der Waals surface area contributed by atoms with Crippen molar-refractivity contribution in [2.45, 2.75) is 19.1 Å². The minimum atomic E-state index is -0.566. The number of aromatic nitrogens is 2. The Labute approximate surface area is 165 Å². The van der Waals surface area contributed by atoms with Crippen molar-refractivity contribution < 1.29 is 19.3 Å². The second kappa shape index (κ2) is 11.0. The van der Waals surface area contributed by atoms with Gasteiger partial charge < -0.3 is 29.6 Å². The van der Waals surface area contributed by atoms with Gasteiger partial charge in [-0.3, -0.25) is 4.90 Å². The van der Waals surface area contributed by atoms with Crippen LogP contribution in [0.2, 0.25) is 0 Å². The SMILES string of the molecule is COc1cccc(CNCCc2cnc[nH]2)c1OC[C@@H](O)CN1CCOCC1. The summed E-state index contributed by atoms with van der Waals surface area (Å²) in [5.74, 6) is 1.35. The Morgan fingerprint density at radius 1 is 1.36 bits per heavy atom. The summed E-state index contributed by atoms with van der Waals surface area (Å²) in [6, 6.07) is 5.83. The summed E-state index contributed by atoms with van der Waals surface area (Å²) < 4.78 is 16.8. The van der Waals surface area contributed by atoms with Gasteiger partial charge in [-0.25, -0.2) is 4.98 Å². The zero-order chi connectivity index (χ0) is 19.6. The molecule has 3 rings (SSSR count). The lowest BCUT2D eigenvalue weighted by molar-refractivity contribution is 0.00436. The molecule has 1 atom stereocenters. The van der Waals surface area contributed by atoms with Crippen molar-refractivity contribution in [3.8, 4) is 11.5 Å². The van der Waals surface area contributed by atoms with E-state index in [0.717, 1.165) is 37.3 Å². The Kier molecular flexibility index (Phi) is 8.10. The maximum Gasteiger partial charge on any atom is 0.165 e. The first-order valence-electron chi connectivity index (χ1n) is 9.71. The molecule has 2 heterocycles. The summed E-state index contributed by atoms with van der Waals surface area (Å²) in [6.07, 6.45) is 3.82. The average molecular weight is 390 g/mol. The molecule has 2 aromatic rings. The van der Waals surface area contributed by atoms with Gasteiger partial charge in [0.2, 0.25) is 0 Å². The summed E-state index contributed by atoms with van der Waals surface area (Å²) in [6.45, 7) is 5.39. The van der Waals surface area contributed by atoms with Gasteiger partial charge in [-0.15, -0.1) is 0 Å². The van der Waals surface area contributed by atoms with Crippen molar-refractivity contribution in [2.75, 3.05) is 53.1 Å². The minimum Gasteiger partial charge on any atom is -0.493 e. The van der Waals surface area contributed by atoms with E-state index >= 15 is 0 Å². The second-order valence-electron chi connectivity index (χ2n) is 6.83. The smallest absolute Gasteiger partial charge is 0.165 e. The highest BCUT2D eigenvalue weighted by molar-refractivity contribution is 5.46. The van der Waals surface area contributed by atoms with E-state index < -0.39 is 6.10 Å². The maximum atomic E-state index is 10.4. The lowest BCUT2D eigenvalue weighted by atomic mass is 10.1. The molecule has 0 bridgehead atoms. The number of hydrogen-bond acceptors (Lipinski definition) is 7. The Balaban J connectivity index is 1.51. The number of aromatic amines is 1. The lowest BCUT2D eigenvalue weighted by Crippen LogP contribution is -2.42. The van der Waals surface area contributed by atoms with Crippen LogP contribution in [0.15, 0.2) is 30.7 Å². The van der Waals surface area contributed by atoms with Crippen LogP contribution in [0.5, 0.6) is 11.5 Å². The van der Waals surface area contributed by atoms with Crippen molar-refractivity contribution in [2.24, 2.45) is 0 Å². The third-order valence-corrected chi connectivity index (χ3v) is 4.71. The molecule has 0 aliphatic carbocycles. The fourth-order valence-corrected chi connectivity index (χ4v) is 3.21. The molecule has 8 nitrogen and oxygen atoms in total. The highest BCUT2D eigenvalue weighted by Crippen LogP contribution is 2.31. The molecule has 1 aromatic heterocycles. The van der Waals surface area contributed by atoms with Gasteiger partial charge in [-0.1, -0.05) is 12.1 Å². The zero-order valence-electron chi connectivity index (χ0n) is 16.4. The summed E-state index contributed by atoms with van der Waals surface area (Å²) in [5, 5.41) is 13.8. The number of aliphatic hydroxyl groups is 1. The van der Waals surface area contributed by atoms with E-state index in [9.17, 15) is 5.11 Å². The lowest BCUT2D eigenvalue weighted by Gasteiger charge is -2.28. The van der Waals surface area contributed by atoms with Gasteiger partial charge in [0.1, 0.15) is 12.7 Å². The molecule has 0 amide bonds. The van der Waals surface area contributed by atoms with Crippen LogP contribution >= 0.6 is 0 Å². The first-order valence-corrected chi connectivity index (χ1v) is 9.71. The predicted octanol–water partition coefficient (Wildman–Crippen LogP) is 0.823. The van der Waals surface area contributed by atoms with Crippen LogP contribution < -0.4 is 14.8 Å². The third kappa shape index (κ3) is 6.20. The summed E-state index contributed by atoms with van der Waals surface area (Å²) in [4.78, 5) is 9.31. The highest BCUT2D eigenvalue weighted by atomic mass is 16.5. The minimum absolute atomic E-state index is 0.221. The number of β-amino-alcohol motifs (C(OH)–C–C–N with tert-alkyl or cyclic N) is 1. The number of ether oxygens (including phenoxy) is 3. The van der Waals surface area contributed by atoms with Gasteiger partial charge in [0.25, 0.3) is 0 Å². The topological polar surface area (TPSA) is 91.9 Å². The van der Waals surface area contributed by atoms with E-state index in [1.54, 1.807) is 13.4 Å². The van der Waals surface area contributed by atoms with Crippen molar-refractivity contribution >= 4 is 0 Å². The molecular weight excluding hydrogens is 360 g/mol. The molecule has 0 saturated carbocycles. The molecule has 1 aliphatic heterocycles. The largest absolute Gasteiger partial charge is 0.493 e. The van der Waals surface area contributed by atoms with E-state index in [0.29, 0.717) is 37.8 Å². The number of methoxy groups -OCH3 is 1. The number of rotatable bonds is 11. The van der Waals surface area contributed by atoms with E-state index in [-0.39, 0.29) is 6.61 Å². The molecule has 0 radical (unpaired) electrons. The molecule has 1 aromatic carbocycles. The monoisotopic (exact) mass is 390 g/mol. The van der Waals surface area contributed by atoms with Crippen LogP contribution in [0.25, 0.3) is 0 Å². The molecule has 8 heteroatoms. The summed E-state index contributed by atoms with van der Waals surface area (Å²) >= 11 is 0. The Morgan fingerprint density at radius 3 is 2.96 bits per heavy atom. The standard InChI is InChI=1S/C20H30N4O4/c1-26-19-4-2-3-16(11-21-6-5-17-12-22-15-23-17)20(19)28-14-18(25)13-24-7-9-27-10-8-24/h2-4,12,15,18,21,25H,5-11,13-14H2,1H3,(H,22,23)/t18-/m0/s1. The summed E-state index contributed by atoms with van der Waals surface area (Å²) in [5.41, 5.74) is 2.10. The van der Waals surface area contributed by atoms with Crippen LogP contribution in [0.4, 0.5) is 0 Å². The fraction of sp³-hybridized carbons (Fsp3) is 0.550. The van der Waals surface area contributed by atoms with Crippen molar-refractivity contribution in [1.29, 1.82) is 0 Å². The number of morpholine rings is 1. The quantitative estimate of drug-likeness (QED) is 0.489. The number of nitrogens with one attached hydrogen (secondary N) is 2. The van der Waals surface area contributed by atoms with E-state index in [1.807, 2.05) is 24.4 Å². The van der Waals surface area contributed by atoms with Gasteiger partial charge in [-0.2, -0.15) is 0 Å². The van der Waals surface area contributed by atoms with Crippen molar-refractivity contribution in [1.82, 2.24) is 20.2 Å². The second-order valence-corrected chi connectivity index (χ2v) is 6.83. The van der Waals surface area contributed by atoms with Crippen LogP contribution in [-0.2, 0) is 17.7 Å². The van der Waals surface area contributed by atoms with Crippen LogP contribution in [0, 0.1) is 0 Å². The first kappa shape index (κ1) is 20.6. The first-order chi connectivity index (χ1) is 13.8. The molecule has 1 fully saturated rings. The van der Waals surface area contributed by atoms with E-state index in [1.165, 1.54) is 0 Å². The van der Waals surface area contributed by atoms with Crippen molar-refractivity contribution in [3.63, 3.8) is 0 Å². The van der Waals surface area contributed by atoms with E-state index in [4.69, 9.17) is 14.2 Å². The van der Waals surface area contributed by atoms with Gasteiger partial charge in [0, 0.05) is 56.6 Å². The number of benzene rings is 1. The number of hydrogen-bond donors (Lipinski definition) is 3. The van der Waals surface area contributed by atoms with Gasteiger partial charge >= 0.3 is 0 Å². The van der Waals surface area contributed by atoms with Crippen molar-refractivity contribution in [3.05, 3.63) is 42.0 Å². The number of imidazole rings is 1. The van der Waals surface area contributed by atoms with Gasteiger partial charge in [0.05, 0.1) is 26.7 Å². The van der Waals surface area contributed by atoms with Gasteiger partial charge in [-0.05, 0) is 6.07 Å². The Morgan fingerprint density at radius 2 is 2.21 bits per heavy atom. The summed E-state index contributed by atoms with van der Waals surface area (Å²) in [7, 11) is 1.63. The normalized spacial score (nSPS) is 16.1. The molecule has 1 aliphatic rings. The molecule has 1 saturated heterocycles. The molecule has 0 unspecified atom stereocenters. The average Bonchev–Trinajstić information content (AvgIpc) is 3.24. The molecule has 0 spiro atoms. The van der Waals surface area contributed by atoms with Crippen LogP contribution in [0.1, 0.15) is 11.3 Å². The third-order valence-electron chi connectivity index (χ3n) is 4.71. The van der Waals surface area contributed by atoms with Crippen LogP contribution in [0.3, 0.4) is 0 Å². The zero-order valence-corrected chi connectivity index (χ0v) is 16.4. The highest BCUT2D eigenvalue weighted by Gasteiger charge is 2.17. The van der Waals surface area contributed by atoms with E-state index in [2.05, 4.69) is 20.2 Å². The number of H-pyrrole nitrogens is 1. The van der Waals surface area contributed by atoms with Gasteiger partial charge in [0.15, 0.2) is 11.5 Å². The maximum absolute atomic E-state index is 10.4. The number of nitrogens with zero attached hydrogens (tertiary/aromatic N) is 2. The Bertz CT molecular complexity index is 690. The molecule has 28 heavy (non-hydrogen) atoms. The molecule has 154 valence electrons. The number of aliphatic hydroxyl groups excluding tert-OH is 1. The Hall–Kier alpha value is -2.13. The molecule has 3 N–H and O–H groups in total. The van der Waals surface area contributed by atoms with Crippen LogP contribution in [-0.4, -0.2) is 79.2 Å². The predicted molar refractivity (Wildman–Crippen MR) is 106 cm³/mol. The molecular formula is C20H30N4O4. The number of para-hydroxylation sites is 1.